The van der Waals surface area contributed by atoms with Crippen molar-refractivity contribution in [2.75, 3.05) is 20.3 Å². The molecule has 2 saturated carbocycles. The Hall–Kier alpha value is -0.830. The first-order chi connectivity index (χ1) is 11.3. The fourth-order valence-corrected chi connectivity index (χ4v) is 4.34. The fourth-order valence-electron chi connectivity index (χ4n) is 4.34. The summed E-state index contributed by atoms with van der Waals surface area (Å²) in [6.07, 6.45) is 13.7. The predicted octanol–water partition coefficient (Wildman–Crippen LogP) is 5.04. The van der Waals surface area contributed by atoms with E-state index in [1.807, 2.05) is 6.92 Å². The number of hydrogen-bond donors (Lipinski definition) is 0. The largest absolute Gasteiger partial charge is 0.462 e. The van der Waals surface area contributed by atoms with Crippen molar-refractivity contribution in [3.63, 3.8) is 0 Å². The second-order valence-electron chi connectivity index (χ2n) is 7.17. The first-order valence-electron chi connectivity index (χ1n) is 9.66. The van der Waals surface area contributed by atoms with E-state index in [1.54, 1.807) is 7.11 Å². The normalized spacial score (nSPS) is 20.3. The summed E-state index contributed by atoms with van der Waals surface area (Å²) in [6.45, 7) is 2.95. The highest BCUT2D eigenvalue weighted by molar-refractivity contribution is 5.90. The lowest BCUT2D eigenvalue weighted by molar-refractivity contribution is -0.139. The van der Waals surface area contributed by atoms with Gasteiger partial charge in [-0.15, -0.1) is 0 Å². The molecule has 3 nitrogen and oxygen atoms in total. The molecule has 2 fully saturated rings. The summed E-state index contributed by atoms with van der Waals surface area (Å²) < 4.78 is 10.9. The third-order valence-electron chi connectivity index (χ3n) is 5.41. The number of methoxy groups -OCH3 is 1. The molecule has 0 aromatic heterocycles. The Morgan fingerprint density at radius 2 is 1.43 bits per heavy atom. The highest BCUT2D eigenvalue weighted by Crippen LogP contribution is 2.41. The van der Waals surface area contributed by atoms with Gasteiger partial charge in [-0.2, -0.15) is 0 Å². The zero-order valence-electron chi connectivity index (χ0n) is 15.1. The summed E-state index contributed by atoms with van der Waals surface area (Å²) in [7, 11) is 1.69. The lowest BCUT2D eigenvalue weighted by Gasteiger charge is -2.34. The zero-order valence-corrected chi connectivity index (χ0v) is 15.1. The summed E-state index contributed by atoms with van der Waals surface area (Å²) in [5.41, 5.74) is 2.26. The van der Waals surface area contributed by atoms with E-state index in [0.717, 1.165) is 12.0 Å². The van der Waals surface area contributed by atoms with Crippen LogP contribution >= 0.6 is 0 Å². The molecule has 0 atom stereocenters. The molecule has 0 radical (unpaired) electrons. The third-order valence-corrected chi connectivity index (χ3v) is 5.41. The van der Waals surface area contributed by atoms with Crippen LogP contribution in [0.25, 0.3) is 0 Å². The van der Waals surface area contributed by atoms with Gasteiger partial charge in [-0.05, 0) is 43.9 Å². The minimum absolute atomic E-state index is 0.125. The molecule has 0 unspecified atom stereocenters. The summed E-state index contributed by atoms with van der Waals surface area (Å²) in [5.74, 6) is 1.03. The van der Waals surface area contributed by atoms with E-state index in [2.05, 4.69) is 0 Å². The molecule has 0 spiro atoms. The van der Waals surface area contributed by atoms with E-state index in [0.29, 0.717) is 25.0 Å². The Morgan fingerprint density at radius 3 is 1.87 bits per heavy atom. The van der Waals surface area contributed by atoms with Gasteiger partial charge in [0.2, 0.25) is 0 Å². The van der Waals surface area contributed by atoms with Crippen molar-refractivity contribution >= 4 is 5.97 Å². The SMILES string of the molecule is CCCOC(=O)C(COC)=C(C1CCCCC1)C1CCCCC1. The van der Waals surface area contributed by atoms with Crippen molar-refractivity contribution < 1.29 is 14.3 Å². The highest BCUT2D eigenvalue weighted by Gasteiger charge is 2.31. The maximum absolute atomic E-state index is 12.7. The van der Waals surface area contributed by atoms with Crippen LogP contribution in [0, 0.1) is 11.8 Å². The average Bonchev–Trinajstić information content (AvgIpc) is 2.61. The van der Waals surface area contributed by atoms with Crippen molar-refractivity contribution in [1.29, 1.82) is 0 Å². The molecule has 23 heavy (non-hydrogen) atoms. The zero-order chi connectivity index (χ0) is 16.5. The summed E-state index contributed by atoms with van der Waals surface area (Å²) in [6, 6.07) is 0. The number of hydrogen-bond acceptors (Lipinski definition) is 3. The monoisotopic (exact) mass is 322 g/mol. The molecule has 0 aliphatic heterocycles. The van der Waals surface area contributed by atoms with Gasteiger partial charge in [0.25, 0.3) is 0 Å². The Kier molecular flexibility index (Phi) is 8.14. The van der Waals surface area contributed by atoms with Gasteiger partial charge in [-0.3, -0.25) is 0 Å². The molecular weight excluding hydrogens is 288 g/mol. The highest BCUT2D eigenvalue weighted by atomic mass is 16.5. The van der Waals surface area contributed by atoms with Crippen LogP contribution < -0.4 is 0 Å². The number of allylic oxidation sites excluding steroid dienone is 1. The molecule has 0 heterocycles. The van der Waals surface area contributed by atoms with Gasteiger partial charge in [0.05, 0.1) is 18.8 Å². The van der Waals surface area contributed by atoms with E-state index in [-0.39, 0.29) is 5.97 Å². The molecule has 0 aromatic carbocycles. The van der Waals surface area contributed by atoms with Crippen LogP contribution in [0.1, 0.15) is 77.6 Å². The molecule has 2 rings (SSSR count). The number of rotatable bonds is 7. The van der Waals surface area contributed by atoms with Gasteiger partial charge in [0.1, 0.15) is 0 Å². The van der Waals surface area contributed by atoms with Gasteiger partial charge >= 0.3 is 5.97 Å². The van der Waals surface area contributed by atoms with Crippen molar-refractivity contribution in [2.45, 2.75) is 77.6 Å². The van der Waals surface area contributed by atoms with Crippen molar-refractivity contribution in [3.8, 4) is 0 Å². The molecule has 0 N–H and O–H groups in total. The van der Waals surface area contributed by atoms with Crippen LogP contribution in [0.15, 0.2) is 11.1 Å². The first kappa shape index (κ1) is 18.5. The molecule has 3 heteroatoms. The van der Waals surface area contributed by atoms with Crippen LogP contribution in [0.4, 0.5) is 0 Å². The molecule has 2 aliphatic carbocycles. The predicted molar refractivity (Wildman–Crippen MR) is 93.3 cm³/mol. The van der Waals surface area contributed by atoms with Crippen molar-refractivity contribution in [2.24, 2.45) is 11.8 Å². The number of carbonyl (C=O) groups excluding carboxylic acids is 1. The van der Waals surface area contributed by atoms with E-state index in [4.69, 9.17) is 9.47 Å². The molecule has 132 valence electrons. The van der Waals surface area contributed by atoms with E-state index in [1.165, 1.54) is 69.8 Å². The molecular formula is C20H34O3. The average molecular weight is 322 g/mol. The van der Waals surface area contributed by atoms with Gasteiger partial charge < -0.3 is 9.47 Å². The lowest BCUT2D eigenvalue weighted by atomic mass is 9.72. The maximum Gasteiger partial charge on any atom is 0.336 e. The quantitative estimate of drug-likeness (QED) is 0.486. The Bertz CT molecular complexity index is 368. The van der Waals surface area contributed by atoms with Crippen LogP contribution in [0.5, 0.6) is 0 Å². The van der Waals surface area contributed by atoms with E-state index in [9.17, 15) is 4.79 Å². The van der Waals surface area contributed by atoms with Crippen LogP contribution in [-0.4, -0.2) is 26.3 Å². The van der Waals surface area contributed by atoms with Crippen molar-refractivity contribution in [1.82, 2.24) is 0 Å². The Balaban J connectivity index is 2.28. The van der Waals surface area contributed by atoms with Gasteiger partial charge in [0, 0.05) is 7.11 Å². The molecule has 0 aromatic rings. The summed E-state index contributed by atoms with van der Waals surface area (Å²) in [4.78, 5) is 12.7. The smallest absolute Gasteiger partial charge is 0.336 e. The third kappa shape index (κ3) is 5.34. The van der Waals surface area contributed by atoms with Gasteiger partial charge in [-0.1, -0.05) is 51.0 Å². The molecule has 0 saturated heterocycles. The van der Waals surface area contributed by atoms with Crippen LogP contribution in [0.3, 0.4) is 0 Å². The molecule has 2 aliphatic rings. The summed E-state index contributed by atoms with van der Waals surface area (Å²) >= 11 is 0. The minimum Gasteiger partial charge on any atom is -0.462 e. The lowest BCUT2D eigenvalue weighted by Crippen LogP contribution is -2.25. The van der Waals surface area contributed by atoms with Gasteiger partial charge in [0.15, 0.2) is 0 Å². The molecule has 0 bridgehead atoms. The molecule has 0 amide bonds. The number of carbonyl (C=O) groups is 1. The maximum atomic E-state index is 12.7. The fraction of sp³-hybridized carbons (Fsp3) is 0.850. The van der Waals surface area contributed by atoms with Crippen LogP contribution in [0.2, 0.25) is 0 Å². The van der Waals surface area contributed by atoms with E-state index >= 15 is 0 Å². The number of esters is 1. The Morgan fingerprint density at radius 1 is 0.913 bits per heavy atom. The topological polar surface area (TPSA) is 35.5 Å². The standard InChI is InChI=1S/C20H34O3/c1-3-14-23-20(21)18(15-22-2)19(16-10-6-4-7-11-16)17-12-8-5-9-13-17/h16-17H,3-15H2,1-2H3. The second kappa shape index (κ2) is 10.1. The second-order valence-corrected chi connectivity index (χ2v) is 7.17. The van der Waals surface area contributed by atoms with E-state index < -0.39 is 0 Å². The summed E-state index contributed by atoms with van der Waals surface area (Å²) in [5, 5.41) is 0. The minimum atomic E-state index is -0.125. The Labute approximate surface area is 141 Å². The van der Waals surface area contributed by atoms with Crippen LogP contribution in [-0.2, 0) is 14.3 Å². The van der Waals surface area contributed by atoms with Gasteiger partial charge in [-0.25, -0.2) is 4.79 Å². The van der Waals surface area contributed by atoms with Crippen molar-refractivity contribution in [3.05, 3.63) is 11.1 Å². The first-order valence-corrected chi connectivity index (χ1v) is 9.66. The number of ether oxygens (including phenoxy) is 2.